The molecule has 2 aliphatic rings. The smallest absolute Gasteiger partial charge is 0.216 e. The molecule has 1 aromatic carbocycles. The Hall–Kier alpha value is -3.14. The Balaban J connectivity index is 1.54. The van der Waals surface area contributed by atoms with Gasteiger partial charge in [0, 0.05) is 74.6 Å². The maximum absolute atomic E-state index is 12.6. The van der Waals surface area contributed by atoms with E-state index in [0.717, 1.165) is 48.4 Å². The summed E-state index contributed by atoms with van der Waals surface area (Å²) in [5.74, 6) is 2.06. The molecule has 40 heavy (non-hydrogen) atoms. The number of likely N-dealkylation sites (tertiary alicyclic amines) is 1. The van der Waals surface area contributed by atoms with E-state index in [0.29, 0.717) is 38.0 Å². The van der Waals surface area contributed by atoms with Gasteiger partial charge in [-0.3, -0.25) is 9.78 Å². The third kappa shape index (κ3) is 5.42. The van der Waals surface area contributed by atoms with Crippen molar-refractivity contribution in [3.05, 3.63) is 65.2 Å². The van der Waals surface area contributed by atoms with E-state index in [-0.39, 0.29) is 17.2 Å². The summed E-state index contributed by atoms with van der Waals surface area (Å²) >= 11 is 0. The molecule has 214 valence electrons. The van der Waals surface area contributed by atoms with Crippen molar-refractivity contribution >= 4 is 5.91 Å². The molecule has 0 aliphatic carbocycles. The number of ether oxygens (including phenoxy) is 1. The largest absolute Gasteiger partial charge is 0.381 e. The van der Waals surface area contributed by atoms with Crippen LogP contribution in [0.2, 0.25) is 0 Å². The van der Waals surface area contributed by atoms with Crippen molar-refractivity contribution in [3.63, 3.8) is 0 Å². The summed E-state index contributed by atoms with van der Waals surface area (Å²) in [5, 5.41) is 20.4. The van der Waals surface area contributed by atoms with Crippen molar-refractivity contribution in [2.45, 2.75) is 64.5 Å². The summed E-state index contributed by atoms with van der Waals surface area (Å²) in [6, 6.07) is 10.3. The molecule has 2 aromatic heterocycles. The number of amides is 1. The molecule has 2 N–H and O–H groups in total. The zero-order valence-corrected chi connectivity index (χ0v) is 24.4. The van der Waals surface area contributed by atoms with E-state index < -0.39 is 5.60 Å². The monoisotopic (exact) mass is 546 g/mol. The number of carbonyl (C=O) groups excluding carboxylic acids is 1. The summed E-state index contributed by atoms with van der Waals surface area (Å²) in [6.07, 6.45) is 5.31. The lowest BCUT2D eigenvalue weighted by Crippen LogP contribution is -2.63. The van der Waals surface area contributed by atoms with Crippen LogP contribution in [-0.2, 0) is 21.7 Å². The van der Waals surface area contributed by atoms with Gasteiger partial charge in [-0.2, -0.15) is 5.10 Å². The van der Waals surface area contributed by atoms with Crippen LogP contribution in [0.3, 0.4) is 0 Å². The standard InChI is InChI=1S/C31H42N6O3/c1-21(2)23-6-8-26(9-7-23)31(39,30(4)19-36(5)20-30)27-16-25(17-32-18-27)28-34-29(24-10-14-40-15-11-24)37(35-28)13-12-33-22(3)38/h6-9,16-18,21,24,39H,10-15,19-20H2,1-5H3,(H,33,38). The van der Waals surface area contributed by atoms with E-state index in [1.54, 1.807) is 12.4 Å². The van der Waals surface area contributed by atoms with Crippen molar-refractivity contribution < 1.29 is 14.6 Å². The third-order valence-corrected chi connectivity index (χ3v) is 8.50. The van der Waals surface area contributed by atoms with Crippen LogP contribution in [0.25, 0.3) is 11.4 Å². The van der Waals surface area contributed by atoms with Crippen LogP contribution in [0.4, 0.5) is 0 Å². The predicted molar refractivity (Wildman–Crippen MR) is 154 cm³/mol. The topological polar surface area (TPSA) is 105 Å². The minimum Gasteiger partial charge on any atom is -0.381 e. The normalized spacial score (nSPS) is 19.3. The molecule has 0 spiro atoms. The maximum atomic E-state index is 12.6. The number of carbonyl (C=O) groups is 1. The molecule has 2 aliphatic heterocycles. The zero-order valence-electron chi connectivity index (χ0n) is 24.4. The first-order chi connectivity index (χ1) is 19.1. The van der Waals surface area contributed by atoms with E-state index in [1.807, 2.05) is 10.7 Å². The Morgan fingerprint density at radius 3 is 2.50 bits per heavy atom. The number of pyridine rings is 1. The van der Waals surface area contributed by atoms with E-state index >= 15 is 0 Å². The molecule has 4 heterocycles. The second-order valence-electron chi connectivity index (χ2n) is 12.1. The second-order valence-corrected chi connectivity index (χ2v) is 12.1. The van der Waals surface area contributed by atoms with E-state index in [4.69, 9.17) is 14.8 Å². The number of hydrogen-bond donors (Lipinski definition) is 2. The number of hydrogen-bond acceptors (Lipinski definition) is 7. The van der Waals surface area contributed by atoms with Gasteiger partial charge in [-0.15, -0.1) is 0 Å². The van der Waals surface area contributed by atoms with Gasteiger partial charge in [0.25, 0.3) is 0 Å². The zero-order chi connectivity index (χ0) is 28.5. The van der Waals surface area contributed by atoms with Gasteiger partial charge in [0.15, 0.2) is 5.82 Å². The van der Waals surface area contributed by atoms with E-state index in [1.165, 1.54) is 12.5 Å². The predicted octanol–water partition coefficient (Wildman–Crippen LogP) is 3.68. The van der Waals surface area contributed by atoms with Crippen LogP contribution in [0.5, 0.6) is 0 Å². The molecule has 0 bridgehead atoms. The Kier molecular flexibility index (Phi) is 8.08. The first kappa shape index (κ1) is 28.4. The molecule has 0 radical (unpaired) electrons. The number of nitrogens with one attached hydrogen (secondary N) is 1. The van der Waals surface area contributed by atoms with Gasteiger partial charge in [-0.05, 0) is 43.0 Å². The molecular formula is C31H42N6O3. The molecule has 9 heteroatoms. The maximum Gasteiger partial charge on any atom is 0.216 e. The Bertz CT molecular complexity index is 1330. The van der Waals surface area contributed by atoms with E-state index in [2.05, 4.69) is 67.3 Å². The van der Waals surface area contributed by atoms with Crippen molar-refractivity contribution in [3.8, 4) is 11.4 Å². The lowest BCUT2D eigenvalue weighted by Gasteiger charge is -2.55. The molecular weight excluding hydrogens is 504 g/mol. The summed E-state index contributed by atoms with van der Waals surface area (Å²) < 4.78 is 7.49. The molecule has 1 unspecified atom stereocenters. The molecule has 5 rings (SSSR count). The Morgan fingerprint density at radius 1 is 1.18 bits per heavy atom. The van der Waals surface area contributed by atoms with Crippen LogP contribution in [-0.4, -0.2) is 75.6 Å². The fraction of sp³-hybridized carbons (Fsp3) is 0.548. The van der Waals surface area contributed by atoms with Crippen LogP contribution in [0, 0.1) is 5.41 Å². The van der Waals surface area contributed by atoms with Crippen LogP contribution >= 0.6 is 0 Å². The molecule has 0 saturated carbocycles. The molecule has 1 atom stereocenters. The highest BCUT2D eigenvalue weighted by Gasteiger charge is 2.55. The number of nitrogens with zero attached hydrogens (tertiary/aromatic N) is 5. The summed E-state index contributed by atoms with van der Waals surface area (Å²) in [6.45, 7) is 12.0. The van der Waals surface area contributed by atoms with Crippen molar-refractivity contribution in [1.29, 1.82) is 0 Å². The summed E-state index contributed by atoms with van der Waals surface area (Å²) in [5.41, 5.74) is 1.97. The first-order valence-electron chi connectivity index (χ1n) is 14.3. The van der Waals surface area contributed by atoms with Gasteiger partial charge in [0.1, 0.15) is 11.4 Å². The van der Waals surface area contributed by atoms with Gasteiger partial charge in [-0.25, -0.2) is 9.67 Å². The Morgan fingerprint density at radius 2 is 1.88 bits per heavy atom. The van der Waals surface area contributed by atoms with Crippen molar-refractivity contribution in [2.75, 3.05) is 39.9 Å². The lowest BCUT2D eigenvalue weighted by atomic mass is 9.62. The highest BCUT2D eigenvalue weighted by atomic mass is 16.5. The molecule has 2 fully saturated rings. The van der Waals surface area contributed by atoms with Crippen molar-refractivity contribution in [1.82, 2.24) is 30.0 Å². The van der Waals surface area contributed by atoms with E-state index in [9.17, 15) is 9.90 Å². The first-order valence-corrected chi connectivity index (χ1v) is 14.3. The fourth-order valence-electron chi connectivity index (χ4n) is 6.34. The van der Waals surface area contributed by atoms with Crippen LogP contribution in [0.15, 0.2) is 42.7 Å². The van der Waals surface area contributed by atoms with Gasteiger partial charge in [-0.1, -0.05) is 45.0 Å². The van der Waals surface area contributed by atoms with Gasteiger partial charge in [0.05, 0.1) is 6.54 Å². The average molecular weight is 547 g/mol. The Labute approximate surface area is 237 Å². The second kappa shape index (κ2) is 11.4. The fourth-order valence-corrected chi connectivity index (χ4v) is 6.34. The molecule has 1 amide bonds. The molecule has 3 aromatic rings. The SMILES string of the molecule is CC(=O)NCCn1nc(-c2cncc(C(O)(c3ccc(C(C)C)cc3)C3(C)CN(C)C3)c2)nc1C1CCOCC1. The average Bonchev–Trinajstić information content (AvgIpc) is 3.36. The van der Waals surface area contributed by atoms with Crippen LogP contribution in [0.1, 0.15) is 74.9 Å². The van der Waals surface area contributed by atoms with Gasteiger partial charge < -0.3 is 20.1 Å². The number of aliphatic hydroxyl groups is 1. The molecule has 9 nitrogen and oxygen atoms in total. The minimum atomic E-state index is -1.24. The van der Waals surface area contributed by atoms with Crippen molar-refractivity contribution in [2.24, 2.45) is 5.41 Å². The molecule has 2 saturated heterocycles. The summed E-state index contributed by atoms with van der Waals surface area (Å²) in [7, 11) is 2.08. The summed E-state index contributed by atoms with van der Waals surface area (Å²) in [4.78, 5) is 23.3. The third-order valence-electron chi connectivity index (χ3n) is 8.50. The highest BCUT2D eigenvalue weighted by Crippen LogP contribution is 2.50. The quantitative estimate of drug-likeness (QED) is 0.422. The number of benzene rings is 1. The minimum absolute atomic E-state index is 0.0688. The lowest BCUT2D eigenvalue weighted by molar-refractivity contribution is -0.127. The highest BCUT2D eigenvalue weighted by molar-refractivity contribution is 5.72. The number of rotatable bonds is 9. The van der Waals surface area contributed by atoms with Gasteiger partial charge >= 0.3 is 0 Å². The van der Waals surface area contributed by atoms with Gasteiger partial charge in [0.2, 0.25) is 5.91 Å². The number of aromatic nitrogens is 4. The van der Waals surface area contributed by atoms with Crippen LogP contribution < -0.4 is 5.32 Å².